The monoisotopic (exact) mass is 238 g/mol. The summed E-state index contributed by atoms with van der Waals surface area (Å²) in [4.78, 5) is 0. The molecule has 1 fully saturated rings. The molecule has 0 radical (unpaired) electrons. The minimum Gasteiger partial charge on any atom is -0.490 e. The number of ether oxygens (including phenoxy) is 1. The van der Waals surface area contributed by atoms with Crippen LogP contribution in [0.5, 0.6) is 5.75 Å². The van der Waals surface area contributed by atoms with Crippen molar-refractivity contribution in [1.82, 2.24) is 0 Å². The van der Waals surface area contributed by atoms with Gasteiger partial charge in [0.1, 0.15) is 0 Å². The standard InChI is InChI=1S/C14H19FO2/c1-3-14(2,16)11-6-7-12(15)13(8-11)17-9-10-4-5-10/h6-8,10,16H,3-5,9H2,1-2H3/t14-/m0/s1. The van der Waals surface area contributed by atoms with E-state index < -0.39 is 5.60 Å². The predicted molar refractivity (Wildman–Crippen MR) is 64.5 cm³/mol. The molecule has 0 spiro atoms. The number of rotatable bonds is 5. The molecule has 1 aliphatic rings. The van der Waals surface area contributed by atoms with Crippen molar-refractivity contribution >= 4 is 0 Å². The Morgan fingerprint density at radius 3 is 2.76 bits per heavy atom. The lowest BCUT2D eigenvalue weighted by Gasteiger charge is -2.22. The van der Waals surface area contributed by atoms with Crippen LogP contribution in [0.25, 0.3) is 0 Å². The van der Waals surface area contributed by atoms with Crippen LogP contribution in [0.2, 0.25) is 0 Å². The molecule has 0 saturated heterocycles. The van der Waals surface area contributed by atoms with Crippen LogP contribution < -0.4 is 4.74 Å². The van der Waals surface area contributed by atoms with Gasteiger partial charge >= 0.3 is 0 Å². The summed E-state index contributed by atoms with van der Waals surface area (Å²) in [6, 6.07) is 4.59. The third-order valence-corrected chi connectivity index (χ3v) is 3.41. The van der Waals surface area contributed by atoms with E-state index >= 15 is 0 Å². The van der Waals surface area contributed by atoms with Gasteiger partial charge in [0.15, 0.2) is 11.6 Å². The van der Waals surface area contributed by atoms with Crippen molar-refractivity contribution in [2.75, 3.05) is 6.61 Å². The van der Waals surface area contributed by atoms with E-state index in [9.17, 15) is 9.50 Å². The van der Waals surface area contributed by atoms with E-state index in [4.69, 9.17) is 4.74 Å². The molecule has 0 heterocycles. The van der Waals surface area contributed by atoms with Crippen LogP contribution in [-0.2, 0) is 5.60 Å². The summed E-state index contributed by atoms with van der Waals surface area (Å²) in [6.07, 6.45) is 2.93. The molecule has 1 aliphatic carbocycles. The maximum Gasteiger partial charge on any atom is 0.165 e. The lowest BCUT2D eigenvalue weighted by molar-refractivity contribution is 0.0526. The quantitative estimate of drug-likeness (QED) is 0.853. The maximum atomic E-state index is 13.5. The normalized spacial score (nSPS) is 18.8. The van der Waals surface area contributed by atoms with Crippen molar-refractivity contribution in [1.29, 1.82) is 0 Å². The Bertz CT molecular complexity index is 397. The Balaban J connectivity index is 2.15. The Hall–Kier alpha value is -1.09. The van der Waals surface area contributed by atoms with E-state index in [2.05, 4.69) is 0 Å². The zero-order valence-electron chi connectivity index (χ0n) is 10.4. The number of benzene rings is 1. The summed E-state index contributed by atoms with van der Waals surface area (Å²) in [5, 5.41) is 10.1. The number of aliphatic hydroxyl groups is 1. The molecular formula is C14H19FO2. The van der Waals surface area contributed by atoms with Crippen molar-refractivity contribution in [3.8, 4) is 5.75 Å². The SMILES string of the molecule is CC[C@](C)(O)c1ccc(F)c(OCC2CC2)c1. The summed E-state index contributed by atoms with van der Waals surface area (Å²) in [5.41, 5.74) is -0.224. The molecule has 1 aromatic rings. The molecule has 0 aromatic heterocycles. The van der Waals surface area contributed by atoms with E-state index in [0.717, 1.165) is 0 Å². The highest BCUT2D eigenvalue weighted by molar-refractivity contribution is 5.33. The van der Waals surface area contributed by atoms with Gasteiger partial charge < -0.3 is 9.84 Å². The van der Waals surface area contributed by atoms with Crippen molar-refractivity contribution in [3.05, 3.63) is 29.6 Å². The molecule has 3 heteroatoms. The van der Waals surface area contributed by atoms with Crippen LogP contribution in [0.1, 0.15) is 38.7 Å². The smallest absolute Gasteiger partial charge is 0.165 e. The lowest BCUT2D eigenvalue weighted by atomic mass is 9.93. The average Bonchev–Trinajstić information content (AvgIpc) is 3.11. The van der Waals surface area contributed by atoms with Crippen molar-refractivity contribution in [2.24, 2.45) is 5.92 Å². The van der Waals surface area contributed by atoms with Gasteiger partial charge in [0.05, 0.1) is 12.2 Å². The zero-order valence-corrected chi connectivity index (χ0v) is 10.4. The summed E-state index contributed by atoms with van der Waals surface area (Å²) < 4.78 is 19.0. The molecule has 0 amide bonds. The van der Waals surface area contributed by atoms with Gasteiger partial charge in [0, 0.05) is 0 Å². The Morgan fingerprint density at radius 1 is 1.47 bits per heavy atom. The first-order valence-electron chi connectivity index (χ1n) is 6.18. The van der Waals surface area contributed by atoms with Gasteiger partial charge in [-0.3, -0.25) is 0 Å². The second-order valence-electron chi connectivity index (χ2n) is 5.03. The van der Waals surface area contributed by atoms with E-state index in [-0.39, 0.29) is 11.6 Å². The van der Waals surface area contributed by atoms with Crippen LogP contribution in [-0.4, -0.2) is 11.7 Å². The number of hydrogen-bond donors (Lipinski definition) is 1. The summed E-state index contributed by atoms with van der Waals surface area (Å²) >= 11 is 0. The molecule has 17 heavy (non-hydrogen) atoms. The van der Waals surface area contributed by atoms with Gasteiger partial charge in [-0.05, 0) is 49.8 Å². The highest BCUT2D eigenvalue weighted by Gasteiger charge is 2.24. The molecule has 2 rings (SSSR count). The topological polar surface area (TPSA) is 29.5 Å². The first-order valence-corrected chi connectivity index (χ1v) is 6.18. The molecule has 2 nitrogen and oxygen atoms in total. The third kappa shape index (κ3) is 2.97. The Morgan fingerprint density at radius 2 is 2.18 bits per heavy atom. The van der Waals surface area contributed by atoms with Crippen LogP contribution in [0, 0.1) is 11.7 Å². The number of hydrogen-bond acceptors (Lipinski definition) is 2. The fourth-order valence-corrected chi connectivity index (χ4v) is 1.65. The lowest BCUT2D eigenvalue weighted by Crippen LogP contribution is -2.19. The van der Waals surface area contributed by atoms with Gasteiger partial charge in [-0.15, -0.1) is 0 Å². The molecule has 0 aliphatic heterocycles. The van der Waals surface area contributed by atoms with Crippen LogP contribution >= 0.6 is 0 Å². The van der Waals surface area contributed by atoms with Gasteiger partial charge in [0.25, 0.3) is 0 Å². The molecule has 94 valence electrons. The average molecular weight is 238 g/mol. The highest BCUT2D eigenvalue weighted by atomic mass is 19.1. The summed E-state index contributed by atoms with van der Waals surface area (Å²) in [7, 11) is 0. The zero-order chi connectivity index (χ0) is 12.5. The van der Waals surface area contributed by atoms with E-state index in [1.165, 1.54) is 18.9 Å². The van der Waals surface area contributed by atoms with Gasteiger partial charge in [-0.1, -0.05) is 13.0 Å². The summed E-state index contributed by atoms with van der Waals surface area (Å²) in [5.74, 6) is 0.481. The molecule has 1 saturated carbocycles. The minimum absolute atomic E-state index is 0.253. The third-order valence-electron chi connectivity index (χ3n) is 3.41. The second kappa shape index (κ2) is 4.65. The number of halogens is 1. The van der Waals surface area contributed by atoms with Crippen LogP contribution in [0.3, 0.4) is 0 Å². The Kier molecular flexibility index (Phi) is 3.38. The van der Waals surface area contributed by atoms with Gasteiger partial charge in [0.2, 0.25) is 0 Å². The molecule has 1 N–H and O–H groups in total. The maximum absolute atomic E-state index is 13.5. The van der Waals surface area contributed by atoms with Crippen molar-refractivity contribution in [2.45, 2.75) is 38.7 Å². The first-order chi connectivity index (χ1) is 8.03. The molecule has 0 unspecified atom stereocenters. The summed E-state index contributed by atoms with van der Waals surface area (Å²) in [6.45, 7) is 4.20. The van der Waals surface area contributed by atoms with E-state index in [1.54, 1.807) is 19.1 Å². The molecule has 1 aromatic carbocycles. The van der Waals surface area contributed by atoms with Crippen LogP contribution in [0.15, 0.2) is 18.2 Å². The molecule has 0 bridgehead atoms. The van der Waals surface area contributed by atoms with Crippen molar-refractivity contribution < 1.29 is 14.2 Å². The van der Waals surface area contributed by atoms with Crippen molar-refractivity contribution in [3.63, 3.8) is 0 Å². The highest BCUT2D eigenvalue weighted by Crippen LogP contribution is 2.32. The second-order valence-corrected chi connectivity index (χ2v) is 5.03. The van der Waals surface area contributed by atoms with E-state index in [0.29, 0.717) is 24.5 Å². The fraction of sp³-hybridized carbons (Fsp3) is 0.571. The van der Waals surface area contributed by atoms with Gasteiger partial charge in [-0.2, -0.15) is 0 Å². The van der Waals surface area contributed by atoms with E-state index in [1.807, 2.05) is 6.92 Å². The van der Waals surface area contributed by atoms with Crippen LogP contribution in [0.4, 0.5) is 4.39 Å². The van der Waals surface area contributed by atoms with Gasteiger partial charge in [-0.25, -0.2) is 4.39 Å². The Labute approximate surface area is 101 Å². The molecular weight excluding hydrogens is 219 g/mol. The largest absolute Gasteiger partial charge is 0.490 e. The minimum atomic E-state index is -0.925. The molecule has 1 atom stereocenters. The fourth-order valence-electron chi connectivity index (χ4n) is 1.65. The predicted octanol–water partition coefficient (Wildman–Crippen LogP) is 3.23. The first kappa shape index (κ1) is 12.4.